The van der Waals surface area contributed by atoms with Crippen molar-refractivity contribution < 1.29 is 22.7 Å². The van der Waals surface area contributed by atoms with Crippen molar-refractivity contribution in [3.05, 3.63) is 42.1 Å². The fourth-order valence-electron chi connectivity index (χ4n) is 2.20. The number of nitrogens with one attached hydrogen (secondary N) is 1. The number of carbonyl (C=O) groups is 2. The van der Waals surface area contributed by atoms with Crippen molar-refractivity contribution >= 4 is 21.9 Å². The molecule has 0 radical (unpaired) electrons. The van der Waals surface area contributed by atoms with Gasteiger partial charge < -0.3 is 9.64 Å². The van der Waals surface area contributed by atoms with Crippen LogP contribution < -0.4 is 4.72 Å². The summed E-state index contributed by atoms with van der Waals surface area (Å²) in [6, 6.07) is 7.46. The van der Waals surface area contributed by atoms with Crippen molar-refractivity contribution in [3.63, 3.8) is 0 Å². The average Bonchev–Trinajstić information content (AvgIpc) is 3.05. The van der Waals surface area contributed by atoms with Gasteiger partial charge >= 0.3 is 5.97 Å². The molecular weight excluding hydrogens is 320 g/mol. The van der Waals surface area contributed by atoms with Crippen LogP contribution >= 0.6 is 0 Å². The van der Waals surface area contributed by atoms with Crippen molar-refractivity contribution in [1.29, 1.82) is 0 Å². The fourth-order valence-corrected chi connectivity index (χ4v) is 3.19. The third-order valence-electron chi connectivity index (χ3n) is 3.38. The quantitative estimate of drug-likeness (QED) is 0.367. The summed E-state index contributed by atoms with van der Waals surface area (Å²) < 4.78 is 30.8. The van der Waals surface area contributed by atoms with E-state index in [1.165, 1.54) is 18.3 Å². The average molecular weight is 338 g/mol. The highest BCUT2D eigenvalue weighted by molar-refractivity contribution is 7.90. The smallest absolute Gasteiger partial charge is 0.345 e. The molecule has 0 unspecified atom stereocenters. The van der Waals surface area contributed by atoms with Gasteiger partial charge in [-0.25, -0.2) is 17.9 Å². The molecular formula is C15H18N2O5S. The molecule has 1 aromatic rings. The summed E-state index contributed by atoms with van der Waals surface area (Å²) in [6.45, 7) is 1.42. The van der Waals surface area contributed by atoms with Crippen LogP contribution in [0.2, 0.25) is 0 Å². The van der Waals surface area contributed by atoms with Gasteiger partial charge in [-0.1, -0.05) is 18.2 Å². The minimum absolute atomic E-state index is 0.0567. The molecule has 23 heavy (non-hydrogen) atoms. The first kappa shape index (κ1) is 17.0. The Morgan fingerprint density at radius 1 is 1.17 bits per heavy atom. The molecule has 0 saturated carbocycles. The number of nitrogens with zero attached hydrogens (tertiary/aromatic N) is 1. The number of esters is 1. The van der Waals surface area contributed by atoms with E-state index in [0.717, 1.165) is 20.0 Å². The van der Waals surface area contributed by atoms with E-state index in [1.54, 1.807) is 23.1 Å². The zero-order chi connectivity index (χ0) is 16.9. The lowest BCUT2D eigenvalue weighted by atomic mass is 10.3. The second kappa shape index (κ2) is 7.28. The molecule has 8 heteroatoms. The van der Waals surface area contributed by atoms with Crippen LogP contribution in [-0.4, -0.2) is 45.4 Å². The molecule has 1 aliphatic rings. The molecule has 1 aliphatic heterocycles. The van der Waals surface area contributed by atoms with Crippen LogP contribution in [0.1, 0.15) is 12.8 Å². The summed E-state index contributed by atoms with van der Waals surface area (Å²) in [7, 11) is -2.91. The van der Waals surface area contributed by atoms with E-state index in [2.05, 4.69) is 4.74 Å². The Kier molecular flexibility index (Phi) is 5.38. The van der Waals surface area contributed by atoms with Crippen LogP contribution in [0.3, 0.4) is 0 Å². The molecule has 0 spiro atoms. The first-order chi connectivity index (χ1) is 10.9. The van der Waals surface area contributed by atoms with Crippen molar-refractivity contribution in [2.75, 3.05) is 20.2 Å². The number of sulfonamides is 1. The number of methoxy groups -OCH3 is 1. The molecule has 0 aliphatic carbocycles. The number of carbonyl (C=O) groups excluding carboxylic acids is 2. The van der Waals surface area contributed by atoms with Crippen molar-refractivity contribution in [3.8, 4) is 0 Å². The highest BCUT2D eigenvalue weighted by Crippen LogP contribution is 2.12. The third-order valence-corrected chi connectivity index (χ3v) is 4.73. The predicted octanol–water partition coefficient (Wildman–Crippen LogP) is 0.644. The van der Waals surface area contributed by atoms with E-state index >= 15 is 0 Å². The Balaban J connectivity index is 2.22. The van der Waals surface area contributed by atoms with Gasteiger partial charge in [-0.05, 0) is 25.0 Å². The lowest BCUT2D eigenvalue weighted by Crippen LogP contribution is -2.35. The SMILES string of the molecule is COC(=O)/C(=C\N1CCCC1)C(=O)NS(=O)(=O)c1ccccc1. The van der Waals surface area contributed by atoms with Crippen LogP contribution in [0, 0.1) is 0 Å². The van der Waals surface area contributed by atoms with Gasteiger partial charge in [-0.2, -0.15) is 0 Å². The maximum absolute atomic E-state index is 12.2. The van der Waals surface area contributed by atoms with Gasteiger partial charge in [0.05, 0.1) is 12.0 Å². The summed E-state index contributed by atoms with van der Waals surface area (Å²) in [5.74, 6) is -1.88. The first-order valence-corrected chi connectivity index (χ1v) is 8.59. The number of hydrogen-bond donors (Lipinski definition) is 1. The molecule has 0 aromatic heterocycles. The van der Waals surface area contributed by atoms with Crippen molar-refractivity contribution in [1.82, 2.24) is 9.62 Å². The molecule has 0 bridgehead atoms. The van der Waals surface area contributed by atoms with Gasteiger partial charge in [-0.15, -0.1) is 0 Å². The second-order valence-corrected chi connectivity index (χ2v) is 6.71. The van der Waals surface area contributed by atoms with Crippen LogP contribution in [0.15, 0.2) is 47.0 Å². The normalized spacial score (nSPS) is 15.3. The molecule has 124 valence electrons. The summed E-state index contributed by atoms with van der Waals surface area (Å²) in [6.07, 6.45) is 3.26. The molecule has 0 atom stereocenters. The van der Waals surface area contributed by atoms with Crippen LogP contribution in [0.5, 0.6) is 0 Å². The molecule has 7 nitrogen and oxygen atoms in total. The number of rotatable bonds is 5. The lowest BCUT2D eigenvalue weighted by Gasteiger charge is -2.14. The van der Waals surface area contributed by atoms with Gasteiger partial charge in [0.15, 0.2) is 0 Å². The molecule has 1 fully saturated rings. The van der Waals surface area contributed by atoms with Gasteiger partial charge in [0.2, 0.25) is 0 Å². The first-order valence-electron chi connectivity index (χ1n) is 7.10. The lowest BCUT2D eigenvalue weighted by molar-refractivity contribution is -0.137. The number of hydrogen-bond acceptors (Lipinski definition) is 6. The van der Waals surface area contributed by atoms with Crippen LogP contribution in [0.25, 0.3) is 0 Å². The van der Waals surface area contributed by atoms with Crippen molar-refractivity contribution in [2.24, 2.45) is 0 Å². The largest absolute Gasteiger partial charge is 0.465 e. The Morgan fingerprint density at radius 3 is 2.35 bits per heavy atom. The predicted molar refractivity (Wildman–Crippen MR) is 82.7 cm³/mol. The Bertz CT molecular complexity index is 707. The monoisotopic (exact) mass is 338 g/mol. The van der Waals surface area contributed by atoms with Gasteiger partial charge in [0.1, 0.15) is 5.57 Å². The number of benzene rings is 1. The number of ether oxygens (including phenoxy) is 1. The van der Waals surface area contributed by atoms with E-state index in [0.29, 0.717) is 13.1 Å². The maximum Gasteiger partial charge on any atom is 0.345 e. The molecule has 1 amide bonds. The summed E-state index contributed by atoms with van der Waals surface area (Å²) in [4.78, 5) is 25.8. The van der Waals surface area contributed by atoms with Gasteiger partial charge in [0, 0.05) is 19.3 Å². The standard InChI is InChI=1S/C15H18N2O5S/c1-22-15(19)13(11-17-9-5-6-10-17)14(18)16-23(20,21)12-7-3-2-4-8-12/h2-4,7-8,11H,5-6,9-10H2,1H3,(H,16,18)/b13-11-. The molecule has 1 N–H and O–H groups in total. The molecule has 1 saturated heterocycles. The van der Waals surface area contributed by atoms with Gasteiger partial charge in [-0.3, -0.25) is 4.79 Å². The summed E-state index contributed by atoms with van der Waals surface area (Å²) in [5, 5.41) is 0. The van der Waals surface area contributed by atoms with E-state index in [-0.39, 0.29) is 10.5 Å². The third kappa shape index (κ3) is 4.32. The fraction of sp³-hybridized carbons (Fsp3) is 0.333. The second-order valence-electron chi connectivity index (χ2n) is 5.03. The van der Waals surface area contributed by atoms with Gasteiger partial charge in [0.25, 0.3) is 15.9 Å². The summed E-state index contributed by atoms with van der Waals surface area (Å²) >= 11 is 0. The topological polar surface area (TPSA) is 92.8 Å². The minimum atomic E-state index is -4.05. The Hall–Kier alpha value is -2.35. The Morgan fingerprint density at radius 2 is 1.78 bits per heavy atom. The van der Waals surface area contributed by atoms with Crippen LogP contribution in [-0.2, 0) is 24.3 Å². The highest BCUT2D eigenvalue weighted by Gasteiger charge is 2.26. The minimum Gasteiger partial charge on any atom is -0.465 e. The number of likely N-dealkylation sites (tertiary alicyclic amines) is 1. The van der Waals surface area contributed by atoms with Crippen LogP contribution in [0.4, 0.5) is 0 Å². The number of amides is 1. The zero-order valence-corrected chi connectivity index (χ0v) is 13.5. The van der Waals surface area contributed by atoms with E-state index in [4.69, 9.17) is 0 Å². The molecule has 1 heterocycles. The van der Waals surface area contributed by atoms with E-state index < -0.39 is 21.9 Å². The van der Waals surface area contributed by atoms with E-state index in [1.807, 2.05) is 4.72 Å². The zero-order valence-electron chi connectivity index (χ0n) is 12.7. The highest BCUT2D eigenvalue weighted by atomic mass is 32.2. The Labute approximate surface area is 135 Å². The maximum atomic E-state index is 12.2. The van der Waals surface area contributed by atoms with Crippen molar-refractivity contribution in [2.45, 2.75) is 17.7 Å². The molecule has 2 rings (SSSR count). The molecule has 1 aromatic carbocycles. The van der Waals surface area contributed by atoms with E-state index in [9.17, 15) is 18.0 Å². The summed E-state index contributed by atoms with van der Waals surface area (Å²) in [5.41, 5.74) is -0.339.